The molecule has 2 heterocycles. The zero-order valence-corrected chi connectivity index (χ0v) is 16.7. The second-order valence-corrected chi connectivity index (χ2v) is 7.49. The van der Waals surface area contributed by atoms with Crippen LogP contribution in [0.25, 0.3) is 0 Å². The van der Waals surface area contributed by atoms with E-state index < -0.39 is 0 Å². The lowest BCUT2D eigenvalue weighted by Gasteiger charge is -2.22. The van der Waals surface area contributed by atoms with Gasteiger partial charge in [-0.1, -0.05) is 17.3 Å². The summed E-state index contributed by atoms with van der Waals surface area (Å²) in [6.07, 6.45) is 0.961. The summed E-state index contributed by atoms with van der Waals surface area (Å²) in [5.41, 5.74) is 2.98. The summed E-state index contributed by atoms with van der Waals surface area (Å²) < 4.78 is 6.30. The Morgan fingerprint density at radius 1 is 1.24 bits per heavy atom. The summed E-state index contributed by atoms with van der Waals surface area (Å²) in [5, 5.41) is 7.05. The smallest absolute Gasteiger partial charge is 0.321 e. The molecule has 2 amide bonds. The summed E-state index contributed by atoms with van der Waals surface area (Å²) in [6.45, 7) is 8.07. The molecule has 0 aliphatic carbocycles. The minimum atomic E-state index is -0.0247. The molecule has 1 aromatic carbocycles. The van der Waals surface area contributed by atoms with Crippen LogP contribution in [0.2, 0.25) is 0 Å². The van der Waals surface area contributed by atoms with Gasteiger partial charge in [0.05, 0.1) is 11.4 Å². The molecule has 1 aromatic heterocycles. The Morgan fingerprint density at radius 3 is 2.76 bits per heavy atom. The second-order valence-electron chi connectivity index (χ2n) is 6.33. The fraction of sp³-hybridized carbons (Fsp3) is 0.444. The number of anilines is 1. The lowest BCUT2D eigenvalue weighted by Crippen LogP contribution is -2.38. The first-order valence-electron chi connectivity index (χ1n) is 8.49. The maximum Gasteiger partial charge on any atom is 0.321 e. The normalized spacial score (nSPS) is 15.9. The van der Waals surface area contributed by atoms with Gasteiger partial charge in [0.2, 0.25) is 0 Å². The molecule has 1 fully saturated rings. The number of hydrogen-bond donors (Lipinski definition) is 1. The van der Waals surface area contributed by atoms with Gasteiger partial charge in [-0.05, 0) is 55.0 Å². The van der Waals surface area contributed by atoms with E-state index in [2.05, 4.69) is 38.0 Å². The highest BCUT2D eigenvalue weighted by molar-refractivity contribution is 14.1. The Morgan fingerprint density at radius 2 is 2.04 bits per heavy atom. The van der Waals surface area contributed by atoms with E-state index in [4.69, 9.17) is 4.52 Å². The van der Waals surface area contributed by atoms with Crippen molar-refractivity contribution in [2.45, 2.75) is 26.8 Å². The average Bonchev–Trinajstić information content (AvgIpc) is 2.79. The molecule has 134 valence electrons. The van der Waals surface area contributed by atoms with Crippen LogP contribution < -0.4 is 5.32 Å². The third-order valence-corrected chi connectivity index (χ3v) is 5.49. The van der Waals surface area contributed by atoms with Crippen LogP contribution in [0.15, 0.2) is 28.8 Å². The number of carbonyl (C=O) groups excluding carboxylic acids is 1. The zero-order chi connectivity index (χ0) is 17.8. The topological polar surface area (TPSA) is 61.6 Å². The Bertz CT molecular complexity index is 727. The minimum Gasteiger partial charge on any atom is -0.361 e. The summed E-state index contributed by atoms with van der Waals surface area (Å²) in [7, 11) is 0. The molecule has 1 N–H and O–H groups in total. The quantitative estimate of drug-likeness (QED) is 0.720. The summed E-state index contributed by atoms with van der Waals surface area (Å²) >= 11 is 2.24. The van der Waals surface area contributed by atoms with Crippen molar-refractivity contribution in [3.05, 3.63) is 44.9 Å². The van der Waals surface area contributed by atoms with E-state index >= 15 is 0 Å². The predicted molar refractivity (Wildman–Crippen MR) is 106 cm³/mol. The maximum atomic E-state index is 12.6. The van der Waals surface area contributed by atoms with Crippen LogP contribution in [-0.2, 0) is 6.54 Å². The van der Waals surface area contributed by atoms with Crippen molar-refractivity contribution in [2.75, 3.05) is 31.5 Å². The molecule has 0 radical (unpaired) electrons. The summed E-state index contributed by atoms with van der Waals surface area (Å²) in [5.74, 6) is 0.884. The third kappa shape index (κ3) is 4.52. The second kappa shape index (κ2) is 8.18. The van der Waals surface area contributed by atoms with Gasteiger partial charge in [-0.15, -0.1) is 0 Å². The monoisotopic (exact) mass is 454 g/mol. The molecule has 25 heavy (non-hydrogen) atoms. The number of aryl methyl sites for hydroxylation is 2. The maximum absolute atomic E-state index is 12.6. The lowest BCUT2D eigenvalue weighted by atomic mass is 10.2. The van der Waals surface area contributed by atoms with Gasteiger partial charge in [-0.2, -0.15) is 0 Å². The largest absolute Gasteiger partial charge is 0.361 e. The van der Waals surface area contributed by atoms with E-state index in [0.717, 1.165) is 65.4 Å². The number of nitrogens with one attached hydrogen (secondary N) is 1. The first-order valence-corrected chi connectivity index (χ1v) is 9.57. The van der Waals surface area contributed by atoms with Gasteiger partial charge in [-0.25, -0.2) is 4.79 Å². The van der Waals surface area contributed by atoms with Crippen LogP contribution in [0.4, 0.5) is 10.5 Å². The van der Waals surface area contributed by atoms with Crippen molar-refractivity contribution in [3.8, 4) is 0 Å². The van der Waals surface area contributed by atoms with Crippen molar-refractivity contribution in [3.63, 3.8) is 0 Å². The average molecular weight is 454 g/mol. The molecule has 6 nitrogen and oxygen atoms in total. The van der Waals surface area contributed by atoms with Crippen LogP contribution in [-0.4, -0.2) is 47.2 Å². The van der Waals surface area contributed by atoms with Crippen LogP contribution in [0.3, 0.4) is 0 Å². The molecule has 0 bridgehead atoms. The number of rotatable bonds is 3. The highest BCUT2D eigenvalue weighted by Crippen LogP contribution is 2.19. The van der Waals surface area contributed by atoms with Gasteiger partial charge in [0.1, 0.15) is 5.76 Å². The van der Waals surface area contributed by atoms with Crippen molar-refractivity contribution in [1.29, 1.82) is 0 Å². The van der Waals surface area contributed by atoms with Crippen molar-refractivity contribution < 1.29 is 9.32 Å². The molecule has 7 heteroatoms. The lowest BCUT2D eigenvalue weighted by molar-refractivity contribution is 0.211. The molecule has 1 aliphatic rings. The van der Waals surface area contributed by atoms with Gasteiger partial charge in [0, 0.05) is 41.9 Å². The Labute approximate surface area is 161 Å². The number of carbonyl (C=O) groups is 1. The molecular weight excluding hydrogens is 431 g/mol. The van der Waals surface area contributed by atoms with E-state index in [-0.39, 0.29) is 6.03 Å². The van der Waals surface area contributed by atoms with E-state index in [1.165, 1.54) is 0 Å². The summed E-state index contributed by atoms with van der Waals surface area (Å²) in [6, 6.07) is 7.80. The van der Waals surface area contributed by atoms with Gasteiger partial charge in [0.25, 0.3) is 0 Å². The van der Waals surface area contributed by atoms with E-state index in [9.17, 15) is 4.79 Å². The number of nitrogens with zero attached hydrogens (tertiary/aromatic N) is 3. The molecule has 0 atom stereocenters. The standard InChI is InChI=1S/C18H23IN4O2/c1-13-15(14(2)25-21-13)12-22-8-5-9-23(11-10-22)18(24)20-17-7-4-3-6-16(17)19/h3-4,6-7H,5,8-12H2,1-2H3,(H,20,24). The zero-order valence-electron chi connectivity index (χ0n) is 14.6. The van der Waals surface area contributed by atoms with Crippen LogP contribution >= 0.6 is 22.6 Å². The van der Waals surface area contributed by atoms with Gasteiger partial charge in [0.15, 0.2) is 0 Å². The third-order valence-electron chi connectivity index (χ3n) is 4.55. The van der Waals surface area contributed by atoms with Gasteiger partial charge < -0.3 is 14.7 Å². The van der Waals surface area contributed by atoms with Crippen LogP contribution in [0.5, 0.6) is 0 Å². The first-order chi connectivity index (χ1) is 12.0. The number of amides is 2. The Balaban J connectivity index is 1.58. The Kier molecular flexibility index (Phi) is 5.95. The number of aromatic nitrogens is 1. The molecule has 1 saturated heterocycles. The van der Waals surface area contributed by atoms with Crippen molar-refractivity contribution in [1.82, 2.24) is 15.0 Å². The molecular formula is C18H23IN4O2. The summed E-state index contributed by atoms with van der Waals surface area (Å²) in [4.78, 5) is 16.8. The van der Waals surface area contributed by atoms with Crippen molar-refractivity contribution >= 4 is 34.3 Å². The molecule has 0 unspecified atom stereocenters. The number of para-hydroxylation sites is 1. The van der Waals surface area contributed by atoms with E-state index in [1.54, 1.807) is 0 Å². The molecule has 1 aliphatic heterocycles. The van der Waals surface area contributed by atoms with E-state index in [1.807, 2.05) is 43.0 Å². The highest BCUT2D eigenvalue weighted by Gasteiger charge is 2.21. The molecule has 3 rings (SSSR count). The number of urea groups is 1. The van der Waals surface area contributed by atoms with Crippen molar-refractivity contribution in [2.24, 2.45) is 0 Å². The fourth-order valence-electron chi connectivity index (χ4n) is 3.04. The first kappa shape index (κ1) is 18.2. The SMILES string of the molecule is Cc1noc(C)c1CN1CCCN(C(=O)Nc2ccccc2I)CC1. The molecule has 0 spiro atoms. The highest BCUT2D eigenvalue weighted by atomic mass is 127. The minimum absolute atomic E-state index is 0.0247. The fourth-order valence-corrected chi connectivity index (χ4v) is 3.56. The predicted octanol–water partition coefficient (Wildman–Crippen LogP) is 3.64. The van der Waals surface area contributed by atoms with Crippen LogP contribution in [0, 0.1) is 17.4 Å². The number of hydrogen-bond acceptors (Lipinski definition) is 4. The number of halogens is 1. The Hall–Kier alpha value is -1.61. The molecule has 0 saturated carbocycles. The van der Waals surface area contributed by atoms with Gasteiger partial charge in [-0.3, -0.25) is 4.90 Å². The van der Waals surface area contributed by atoms with Gasteiger partial charge >= 0.3 is 6.03 Å². The number of benzene rings is 1. The molecule has 2 aromatic rings. The van der Waals surface area contributed by atoms with E-state index in [0.29, 0.717) is 0 Å². The van der Waals surface area contributed by atoms with Crippen LogP contribution in [0.1, 0.15) is 23.4 Å².